The van der Waals surface area contributed by atoms with Crippen molar-refractivity contribution in [1.29, 1.82) is 0 Å². The van der Waals surface area contributed by atoms with Crippen LogP contribution < -0.4 is 0 Å². The molecule has 1 unspecified atom stereocenters. The van der Waals surface area contributed by atoms with Crippen LogP contribution in [0.15, 0.2) is 24.3 Å². The topological polar surface area (TPSA) is 20.2 Å². The Morgan fingerprint density at radius 3 is 2.06 bits per heavy atom. The van der Waals surface area contributed by atoms with Gasteiger partial charge >= 0.3 is 0 Å². The van der Waals surface area contributed by atoms with E-state index in [9.17, 15) is 0 Å². The normalized spacial score (nSPS) is 13.7. The van der Waals surface area contributed by atoms with Gasteiger partial charge in [0.25, 0.3) is 0 Å². The van der Waals surface area contributed by atoms with E-state index < -0.39 is 0 Å². The van der Waals surface area contributed by atoms with Crippen LogP contribution in [0.4, 0.5) is 0 Å². The Morgan fingerprint density at radius 1 is 1.06 bits per heavy atom. The van der Waals surface area contributed by atoms with Crippen LogP contribution in [0.25, 0.3) is 0 Å². The van der Waals surface area contributed by atoms with Crippen molar-refractivity contribution < 1.29 is 5.11 Å². The van der Waals surface area contributed by atoms with Gasteiger partial charge < -0.3 is 5.11 Å². The number of hydrogen-bond acceptors (Lipinski definition) is 1. The van der Waals surface area contributed by atoms with Gasteiger partial charge in [-0.25, -0.2) is 0 Å². The highest BCUT2D eigenvalue weighted by Crippen LogP contribution is 2.28. The molecule has 1 nitrogen and oxygen atoms in total. The van der Waals surface area contributed by atoms with E-state index in [1.807, 2.05) is 0 Å². The van der Waals surface area contributed by atoms with E-state index >= 15 is 0 Å². The smallest absolute Gasteiger partial charge is 0.0436 e. The highest BCUT2D eigenvalue weighted by Gasteiger charge is 2.15. The molecule has 0 amide bonds. The van der Waals surface area contributed by atoms with Crippen LogP contribution in [0.2, 0.25) is 0 Å². The van der Waals surface area contributed by atoms with Crippen molar-refractivity contribution in [3.8, 4) is 0 Å². The Morgan fingerprint density at radius 2 is 1.65 bits per heavy atom. The van der Waals surface area contributed by atoms with Gasteiger partial charge in [0.15, 0.2) is 0 Å². The van der Waals surface area contributed by atoms with Gasteiger partial charge in [-0.15, -0.1) is 0 Å². The summed E-state index contributed by atoms with van der Waals surface area (Å²) >= 11 is 0. The molecule has 1 atom stereocenters. The minimum Gasteiger partial charge on any atom is -0.396 e. The van der Waals surface area contributed by atoms with Gasteiger partial charge in [-0.05, 0) is 35.3 Å². The number of hydrogen-bond donors (Lipinski definition) is 1. The second-order valence-electron chi connectivity index (χ2n) is 5.87. The van der Waals surface area contributed by atoms with Gasteiger partial charge in [-0.3, -0.25) is 0 Å². The molecular formula is C16H26O. The Kier molecular flexibility index (Phi) is 5.20. The largest absolute Gasteiger partial charge is 0.396 e. The van der Waals surface area contributed by atoms with E-state index in [-0.39, 0.29) is 12.0 Å². The number of aliphatic hydroxyl groups is 1. The summed E-state index contributed by atoms with van der Waals surface area (Å²) < 4.78 is 0. The molecule has 0 radical (unpaired) electrons. The Bertz CT molecular complexity index is 312. The van der Waals surface area contributed by atoms with Crippen molar-refractivity contribution in [2.24, 2.45) is 0 Å². The maximum Gasteiger partial charge on any atom is 0.0436 e. The Labute approximate surface area is 106 Å². The molecule has 0 spiro atoms. The molecule has 0 aliphatic heterocycles. The summed E-state index contributed by atoms with van der Waals surface area (Å²) in [6.45, 7) is 9.19. The average molecular weight is 234 g/mol. The minimum absolute atomic E-state index is 0.218. The van der Waals surface area contributed by atoms with E-state index in [4.69, 9.17) is 5.11 Å². The molecule has 1 N–H and O–H groups in total. The molecule has 1 heteroatoms. The summed E-state index contributed by atoms with van der Waals surface area (Å²) in [5, 5.41) is 9.11. The fraction of sp³-hybridized carbons (Fsp3) is 0.625. The lowest BCUT2D eigenvalue weighted by atomic mass is 9.84. The highest BCUT2D eigenvalue weighted by atomic mass is 16.3. The van der Waals surface area contributed by atoms with Crippen LogP contribution in [0, 0.1) is 0 Å². The summed E-state index contributed by atoms with van der Waals surface area (Å²) in [5.41, 5.74) is 2.96. The molecule has 0 bridgehead atoms. The fourth-order valence-corrected chi connectivity index (χ4v) is 2.24. The summed E-state index contributed by atoms with van der Waals surface area (Å²) in [4.78, 5) is 0. The molecule has 0 saturated heterocycles. The van der Waals surface area contributed by atoms with Gasteiger partial charge in [0.1, 0.15) is 0 Å². The summed E-state index contributed by atoms with van der Waals surface area (Å²) in [6, 6.07) is 8.93. The van der Waals surface area contributed by atoms with Crippen molar-refractivity contribution in [1.82, 2.24) is 0 Å². The first kappa shape index (κ1) is 14.2. The Balaban J connectivity index is 2.84. The molecule has 1 aromatic carbocycles. The first-order chi connectivity index (χ1) is 7.99. The molecule has 0 aromatic heterocycles. The molecule has 0 saturated carbocycles. The first-order valence-corrected chi connectivity index (χ1v) is 6.70. The highest BCUT2D eigenvalue weighted by molar-refractivity contribution is 5.29. The third kappa shape index (κ3) is 4.16. The molecule has 0 aliphatic carbocycles. The van der Waals surface area contributed by atoms with E-state index in [0.717, 1.165) is 12.8 Å². The lowest BCUT2D eigenvalue weighted by Gasteiger charge is -2.21. The van der Waals surface area contributed by atoms with Crippen molar-refractivity contribution in [2.75, 3.05) is 6.61 Å². The number of rotatable bonds is 5. The molecule has 1 rings (SSSR count). The third-order valence-corrected chi connectivity index (χ3v) is 3.36. The Hall–Kier alpha value is -0.820. The monoisotopic (exact) mass is 234 g/mol. The average Bonchev–Trinajstić information content (AvgIpc) is 2.28. The molecule has 0 aliphatic rings. The predicted octanol–water partition coefficient (Wildman–Crippen LogP) is 4.25. The molecule has 1 aromatic rings. The van der Waals surface area contributed by atoms with E-state index in [1.165, 1.54) is 17.5 Å². The SMILES string of the molecule is CCCC(CCO)c1ccc(C(C)(C)C)cc1. The van der Waals surface area contributed by atoms with Crippen LogP contribution in [0.1, 0.15) is 64.0 Å². The van der Waals surface area contributed by atoms with Crippen LogP contribution >= 0.6 is 0 Å². The first-order valence-electron chi connectivity index (χ1n) is 6.70. The van der Waals surface area contributed by atoms with E-state index in [0.29, 0.717) is 5.92 Å². The third-order valence-electron chi connectivity index (χ3n) is 3.36. The zero-order chi connectivity index (χ0) is 12.9. The van der Waals surface area contributed by atoms with Gasteiger partial charge in [0.2, 0.25) is 0 Å². The van der Waals surface area contributed by atoms with Crippen LogP contribution in [-0.2, 0) is 5.41 Å². The second-order valence-corrected chi connectivity index (χ2v) is 5.87. The van der Waals surface area contributed by atoms with Crippen LogP contribution in [0.3, 0.4) is 0 Å². The van der Waals surface area contributed by atoms with Gasteiger partial charge in [0.05, 0.1) is 0 Å². The van der Waals surface area contributed by atoms with Crippen molar-refractivity contribution in [2.45, 2.75) is 58.3 Å². The molecular weight excluding hydrogens is 208 g/mol. The summed E-state index contributed by atoms with van der Waals surface area (Å²) in [5.74, 6) is 0.513. The van der Waals surface area contributed by atoms with Crippen molar-refractivity contribution >= 4 is 0 Å². The molecule has 96 valence electrons. The van der Waals surface area contributed by atoms with Crippen LogP contribution in [-0.4, -0.2) is 11.7 Å². The van der Waals surface area contributed by atoms with Gasteiger partial charge in [0, 0.05) is 6.61 Å². The standard InChI is InChI=1S/C16H26O/c1-5-6-13(11-12-17)14-7-9-15(10-8-14)16(2,3)4/h7-10,13,17H,5-6,11-12H2,1-4H3. The second kappa shape index (κ2) is 6.20. The molecule has 0 heterocycles. The molecule has 0 fully saturated rings. The van der Waals surface area contributed by atoms with Gasteiger partial charge in [-0.2, -0.15) is 0 Å². The maximum atomic E-state index is 9.11. The molecule has 17 heavy (non-hydrogen) atoms. The van der Waals surface area contributed by atoms with Crippen LogP contribution in [0.5, 0.6) is 0 Å². The predicted molar refractivity (Wildman–Crippen MR) is 74.5 cm³/mol. The quantitative estimate of drug-likeness (QED) is 0.807. The lowest BCUT2D eigenvalue weighted by molar-refractivity contribution is 0.272. The van der Waals surface area contributed by atoms with Crippen molar-refractivity contribution in [3.05, 3.63) is 35.4 Å². The summed E-state index contributed by atoms with van der Waals surface area (Å²) in [7, 11) is 0. The lowest BCUT2D eigenvalue weighted by Crippen LogP contribution is -2.11. The number of aliphatic hydroxyl groups excluding tert-OH is 1. The minimum atomic E-state index is 0.218. The number of benzene rings is 1. The van der Waals surface area contributed by atoms with E-state index in [1.54, 1.807) is 0 Å². The maximum absolute atomic E-state index is 9.11. The van der Waals surface area contributed by atoms with Gasteiger partial charge in [-0.1, -0.05) is 58.4 Å². The fourth-order valence-electron chi connectivity index (χ4n) is 2.24. The summed E-state index contributed by atoms with van der Waals surface area (Å²) in [6.07, 6.45) is 3.21. The van der Waals surface area contributed by atoms with E-state index in [2.05, 4.69) is 52.0 Å². The van der Waals surface area contributed by atoms with Crippen molar-refractivity contribution in [3.63, 3.8) is 0 Å². The zero-order valence-electron chi connectivity index (χ0n) is 11.7. The zero-order valence-corrected chi connectivity index (χ0v) is 11.7.